The van der Waals surface area contributed by atoms with Crippen LogP contribution in [0.2, 0.25) is 0 Å². The summed E-state index contributed by atoms with van der Waals surface area (Å²) in [7, 11) is 4.01. The van der Waals surface area contributed by atoms with E-state index in [1.54, 1.807) is 0 Å². The van der Waals surface area contributed by atoms with Crippen LogP contribution in [0.4, 0.5) is 0 Å². The minimum absolute atomic E-state index is 0.757. The molecule has 52 valence electrons. The van der Waals surface area contributed by atoms with E-state index < -0.39 is 0 Å². The maximum absolute atomic E-state index is 5.19. The average Bonchev–Trinajstić information content (AvgIpc) is 1.72. The molecule has 0 aromatic carbocycles. The second-order valence-electron chi connectivity index (χ2n) is 1.59. The number of likely N-dealkylation sites (N-methyl/N-ethyl adjacent to an activating group) is 1. The normalized spacial score (nSPS) is 8.25. The molecular formula is C4H16N4. The van der Waals surface area contributed by atoms with Gasteiger partial charge < -0.3 is 10.6 Å². The van der Waals surface area contributed by atoms with Crippen molar-refractivity contribution in [3.8, 4) is 0 Å². The Balaban J connectivity index is 0. The van der Waals surface area contributed by atoms with Gasteiger partial charge in [0.15, 0.2) is 0 Å². The molecule has 0 unspecified atom stereocenters. The second kappa shape index (κ2) is 9.96. The summed E-state index contributed by atoms with van der Waals surface area (Å²) in [5, 5.41) is 0. The number of nitrogens with two attached hydrogens (primary N) is 3. The lowest BCUT2D eigenvalue weighted by molar-refractivity contribution is 0.420. The molecule has 0 radical (unpaired) electrons. The van der Waals surface area contributed by atoms with Crippen molar-refractivity contribution in [2.45, 2.75) is 0 Å². The van der Waals surface area contributed by atoms with E-state index >= 15 is 0 Å². The van der Waals surface area contributed by atoms with E-state index in [-0.39, 0.29) is 0 Å². The zero-order valence-corrected chi connectivity index (χ0v) is 5.59. The van der Waals surface area contributed by atoms with Crippen LogP contribution < -0.4 is 17.4 Å². The van der Waals surface area contributed by atoms with Crippen molar-refractivity contribution < 1.29 is 0 Å². The SMILES string of the molecule is CN(C)CCN.NN. The molecule has 8 heavy (non-hydrogen) atoms. The molecule has 0 aliphatic heterocycles. The van der Waals surface area contributed by atoms with Crippen molar-refractivity contribution in [2.75, 3.05) is 27.2 Å². The first-order valence-electron chi connectivity index (χ1n) is 2.45. The van der Waals surface area contributed by atoms with E-state index in [1.165, 1.54) is 0 Å². The molecule has 0 fully saturated rings. The monoisotopic (exact) mass is 120 g/mol. The third kappa shape index (κ3) is 17.0. The minimum atomic E-state index is 0.757. The Labute approximate surface area is 50.6 Å². The molecular weight excluding hydrogens is 104 g/mol. The first-order chi connectivity index (χ1) is 3.77. The van der Waals surface area contributed by atoms with Crippen molar-refractivity contribution in [3.05, 3.63) is 0 Å². The van der Waals surface area contributed by atoms with Crippen LogP contribution in [0.15, 0.2) is 0 Å². The Bertz CT molecular complexity index is 29.2. The van der Waals surface area contributed by atoms with Crippen LogP contribution in [0.5, 0.6) is 0 Å². The molecule has 0 rings (SSSR count). The van der Waals surface area contributed by atoms with E-state index in [0.717, 1.165) is 13.1 Å². The molecule has 0 aromatic heterocycles. The van der Waals surface area contributed by atoms with Gasteiger partial charge in [0, 0.05) is 13.1 Å². The third-order valence-electron chi connectivity index (χ3n) is 0.576. The molecule has 0 saturated heterocycles. The maximum Gasteiger partial charge on any atom is 0.00985 e. The number of rotatable bonds is 2. The number of hydrogen-bond acceptors (Lipinski definition) is 4. The Morgan fingerprint density at radius 3 is 1.62 bits per heavy atom. The van der Waals surface area contributed by atoms with Crippen LogP contribution in [-0.4, -0.2) is 32.1 Å². The lowest BCUT2D eigenvalue weighted by atomic mass is 10.6. The predicted molar refractivity (Wildman–Crippen MR) is 36.0 cm³/mol. The number of hydrogen-bond donors (Lipinski definition) is 3. The summed E-state index contributed by atoms with van der Waals surface area (Å²) in [5.41, 5.74) is 5.19. The molecule has 0 spiro atoms. The fraction of sp³-hybridized carbons (Fsp3) is 1.00. The highest BCUT2D eigenvalue weighted by Crippen LogP contribution is 1.64. The van der Waals surface area contributed by atoms with Crippen LogP contribution in [-0.2, 0) is 0 Å². The Hall–Kier alpha value is -0.160. The largest absolute Gasteiger partial charge is 0.329 e. The highest BCUT2D eigenvalue weighted by molar-refractivity contribution is 4.38. The van der Waals surface area contributed by atoms with Gasteiger partial charge >= 0.3 is 0 Å². The first-order valence-corrected chi connectivity index (χ1v) is 2.45. The molecule has 0 heterocycles. The fourth-order valence-electron chi connectivity index (χ4n) is 0.258. The zero-order valence-electron chi connectivity index (χ0n) is 5.59. The van der Waals surface area contributed by atoms with Gasteiger partial charge in [-0.25, -0.2) is 0 Å². The van der Waals surface area contributed by atoms with Gasteiger partial charge in [-0.2, -0.15) is 0 Å². The summed E-state index contributed by atoms with van der Waals surface area (Å²) in [4.78, 5) is 2.06. The summed E-state index contributed by atoms with van der Waals surface area (Å²) in [6.45, 7) is 1.74. The standard InChI is InChI=1S/C4H12N2.H4N2/c1-6(2)4-3-5;1-2/h3-5H2,1-2H3;1-2H2. The van der Waals surface area contributed by atoms with Gasteiger partial charge in [0.05, 0.1) is 0 Å². The zero-order chi connectivity index (χ0) is 6.99. The predicted octanol–water partition coefficient (Wildman–Crippen LogP) is -1.67. The summed E-state index contributed by atoms with van der Waals surface area (Å²) in [6.07, 6.45) is 0. The van der Waals surface area contributed by atoms with Crippen molar-refractivity contribution in [2.24, 2.45) is 17.4 Å². The van der Waals surface area contributed by atoms with Gasteiger partial charge in [-0.3, -0.25) is 11.7 Å². The van der Waals surface area contributed by atoms with Crippen LogP contribution in [0.25, 0.3) is 0 Å². The Morgan fingerprint density at radius 2 is 1.62 bits per heavy atom. The molecule has 4 heteroatoms. The highest BCUT2D eigenvalue weighted by Gasteiger charge is 1.79. The van der Waals surface area contributed by atoms with Crippen molar-refractivity contribution in [1.29, 1.82) is 0 Å². The maximum atomic E-state index is 5.19. The molecule has 0 saturated carbocycles. The summed E-state index contributed by atoms with van der Waals surface area (Å²) in [6, 6.07) is 0. The molecule has 0 bridgehead atoms. The molecule has 0 aliphatic carbocycles. The van der Waals surface area contributed by atoms with E-state index in [9.17, 15) is 0 Å². The molecule has 6 N–H and O–H groups in total. The Kier molecular flexibility index (Phi) is 13.4. The highest BCUT2D eigenvalue weighted by atomic mass is 15.1. The minimum Gasteiger partial charge on any atom is -0.329 e. The van der Waals surface area contributed by atoms with Crippen molar-refractivity contribution in [1.82, 2.24) is 4.90 Å². The molecule has 4 nitrogen and oxygen atoms in total. The van der Waals surface area contributed by atoms with Gasteiger partial charge in [-0.1, -0.05) is 0 Å². The lowest BCUT2D eigenvalue weighted by Gasteiger charge is -2.03. The molecule has 0 amide bonds. The van der Waals surface area contributed by atoms with E-state index in [0.29, 0.717) is 0 Å². The number of nitrogens with zero attached hydrogens (tertiary/aromatic N) is 1. The summed E-state index contributed by atoms with van der Waals surface area (Å²) in [5.74, 6) is 8.00. The van der Waals surface area contributed by atoms with Gasteiger partial charge in [0.2, 0.25) is 0 Å². The summed E-state index contributed by atoms with van der Waals surface area (Å²) >= 11 is 0. The van der Waals surface area contributed by atoms with Gasteiger partial charge in [-0.15, -0.1) is 0 Å². The summed E-state index contributed by atoms with van der Waals surface area (Å²) < 4.78 is 0. The van der Waals surface area contributed by atoms with Crippen LogP contribution in [0.3, 0.4) is 0 Å². The average molecular weight is 120 g/mol. The quantitative estimate of drug-likeness (QED) is 0.300. The van der Waals surface area contributed by atoms with E-state index in [2.05, 4.69) is 16.6 Å². The lowest BCUT2D eigenvalue weighted by Crippen LogP contribution is -2.20. The van der Waals surface area contributed by atoms with E-state index in [1.807, 2.05) is 14.1 Å². The first kappa shape index (κ1) is 10.8. The van der Waals surface area contributed by atoms with Gasteiger partial charge in [0.25, 0.3) is 0 Å². The third-order valence-corrected chi connectivity index (χ3v) is 0.576. The smallest absolute Gasteiger partial charge is 0.00985 e. The number of hydrazine groups is 1. The van der Waals surface area contributed by atoms with Crippen LogP contribution in [0.1, 0.15) is 0 Å². The topological polar surface area (TPSA) is 81.3 Å². The molecule has 0 atom stereocenters. The molecule has 0 aromatic rings. The second-order valence-corrected chi connectivity index (χ2v) is 1.59. The van der Waals surface area contributed by atoms with Crippen molar-refractivity contribution in [3.63, 3.8) is 0 Å². The van der Waals surface area contributed by atoms with Crippen molar-refractivity contribution >= 4 is 0 Å². The Morgan fingerprint density at radius 1 is 1.25 bits per heavy atom. The fourth-order valence-corrected chi connectivity index (χ4v) is 0.258. The van der Waals surface area contributed by atoms with Crippen LogP contribution in [0, 0.1) is 0 Å². The van der Waals surface area contributed by atoms with Gasteiger partial charge in [0.1, 0.15) is 0 Å². The van der Waals surface area contributed by atoms with E-state index in [4.69, 9.17) is 5.73 Å². The molecule has 0 aliphatic rings. The van der Waals surface area contributed by atoms with Gasteiger partial charge in [-0.05, 0) is 14.1 Å². The van der Waals surface area contributed by atoms with Crippen LogP contribution >= 0.6 is 0 Å².